The maximum Gasteiger partial charge on any atom is 0.329 e. The van der Waals surface area contributed by atoms with E-state index in [1.807, 2.05) is 0 Å². The van der Waals surface area contributed by atoms with Crippen LogP contribution in [0.3, 0.4) is 0 Å². The summed E-state index contributed by atoms with van der Waals surface area (Å²) < 4.78 is 26.8. The second-order valence-corrected chi connectivity index (χ2v) is 6.54. The number of benzene rings is 1. The fourth-order valence-corrected chi connectivity index (χ4v) is 2.73. The molecule has 6 nitrogen and oxygen atoms in total. The number of alkyl halides is 2. The van der Waals surface area contributed by atoms with Gasteiger partial charge in [-0.3, -0.25) is 15.5 Å². The van der Waals surface area contributed by atoms with E-state index in [2.05, 4.69) is 11.9 Å². The van der Waals surface area contributed by atoms with Crippen LogP contribution in [0.5, 0.6) is 0 Å². The zero-order valence-corrected chi connectivity index (χ0v) is 13.2. The van der Waals surface area contributed by atoms with Crippen molar-refractivity contribution in [3.8, 4) is 0 Å². The highest BCUT2D eigenvalue weighted by molar-refractivity contribution is 8.00. The minimum absolute atomic E-state index is 0.0347. The molecule has 1 aliphatic rings. The Bertz CT molecular complexity index is 679. The third kappa shape index (κ3) is 3.30. The van der Waals surface area contributed by atoms with Gasteiger partial charge in [0.1, 0.15) is 5.54 Å². The number of urea groups is 1. The molecule has 0 saturated carbocycles. The molecule has 1 aliphatic heterocycles. The van der Waals surface area contributed by atoms with Crippen molar-refractivity contribution in [3.63, 3.8) is 0 Å². The van der Waals surface area contributed by atoms with Crippen molar-refractivity contribution in [2.75, 3.05) is 10.4 Å². The van der Waals surface area contributed by atoms with Crippen LogP contribution < -0.4 is 15.7 Å². The van der Waals surface area contributed by atoms with Gasteiger partial charge in [-0.2, -0.15) is 8.78 Å². The molecule has 1 aromatic carbocycles. The standard InChI is InChI=1S/C14H15F2N3O3S/c1-4-14(15,16)23-10-6-5-8(7-9(10)18-22)19-11(20)13(2,3)17-12(19)21/h4-7,18,22H,1H2,2-3H3,(H,17,21). The normalized spacial score (nSPS) is 17.2. The van der Waals surface area contributed by atoms with Crippen LogP contribution in [0, 0.1) is 0 Å². The summed E-state index contributed by atoms with van der Waals surface area (Å²) in [7, 11) is 0. The number of nitrogens with one attached hydrogen (secondary N) is 2. The Balaban J connectivity index is 2.38. The number of rotatable bonds is 5. The molecular weight excluding hydrogens is 328 g/mol. The molecular formula is C14H15F2N3O3S. The maximum absolute atomic E-state index is 13.4. The highest BCUT2D eigenvalue weighted by Crippen LogP contribution is 2.41. The minimum atomic E-state index is -3.23. The number of carbonyl (C=O) groups is 2. The van der Waals surface area contributed by atoms with Gasteiger partial charge in [-0.25, -0.2) is 9.69 Å². The molecule has 124 valence electrons. The number of imide groups is 1. The van der Waals surface area contributed by atoms with E-state index in [4.69, 9.17) is 5.21 Å². The van der Waals surface area contributed by atoms with E-state index < -0.39 is 22.7 Å². The molecule has 0 unspecified atom stereocenters. The van der Waals surface area contributed by atoms with Gasteiger partial charge >= 0.3 is 11.3 Å². The fraction of sp³-hybridized carbons (Fsp3) is 0.286. The lowest BCUT2D eigenvalue weighted by molar-refractivity contribution is -0.121. The Labute approximate surface area is 135 Å². The summed E-state index contributed by atoms with van der Waals surface area (Å²) in [5, 5.41) is 8.43. The quantitative estimate of drug-likeness (QED) is 0.331. The Morgan fingerprint density at radius 1 is 1.43 bits per heavy atom. The predicted octanol–water partition coefficient (Wildman–Crippen LogP) is 3.19. The largest absolute Gasteiger partial charge is 0.329 e. The highest BCUT2D eigenvalue weighted by Gasteiger charge is 2.45. The molecule has 1 heterocycles. The molecule has 0 aliphatic carbocycles. The van der Waals surface area contributed by atoms with Gasteiger partial charge in [0.25, 0.3) is 5.91 Å². The fourth-order valence-electron chi connectivity index (χ4n) is 2.00. The predicted molar refractivity (Wildman–Crippen MR) is 82.9 cm³/mol. The van der Waals surface area contributed by atoms with E-state index in [-0.39, 0.29) is 28.0 Å². The van der Waals surface area contributed by atoms with Gasteiger partial charge in [0, 0.05) is 4.90 Å². The van der Waals surface area contributed by atoms with Gasteiger partial charge in [0.05, 0.1) is 11.4 Å². The lowest BCUT2D eigenvalue weighted by Crippen LogP contribution is -2.40. The lowest BCUT2D eigenvalue weighted by Gasteiger charge is -2.18. The third-order valence-corrected chi connectivity index (χ3v) is 4.20. The molecule has 1 saturated heterocycles. The second-order valence-electron chi connectivity index (χ2n) is 5.36. The van der Waals surface area contributed by atoms with Gasteiger partial charge < -0.3 is 5.32 Å². The first-order chi connectivity index (χ1) is 10.6. The molecule has 3 N–H and O–H groups in total. The van der Waals surface area contributed by atoms with Crippen molar-refractivity contribution in [3.05, 3.63) is 30.9 Å². The Kier molecular flexibility index (Phi) is 4.36. The summed E-state index contributed by atoms with van der Waals surface area (Å²) in [5.41, 5.74) is 0.833. The van der Waals surface area contributed by atoms with E-state index >= 15 is 0 Å². The van der Waals surface area contributed by atoms with Crippen molar-refractivity contribution in [2.45, 2.75) is 29.5 Å². The number of carbonyl (C=O) groups excluding carboxylic acids is 2. The van der Waals surface area contributed by atoms with Crippen LogP contribution in [0.4, 0.5) is 25.0 Å². The van der Waals surface area contributed by atoms with E-state index in [9.17, 15) is 18.4 Å². The van der Waals surface area contributed by atoms with Crippen LogP contribution in [0.15, 0.2) is 35.7 Å². The number of nitrogens with zero attached hydrogens (tertiary/aromatic N) is 1. The summed E-state index contributed by atoms with van der Waals surface area (Å²) in [5.74, 6) is -0.483. The molecule has 0 atom stereocenters. The maximum atomic E-state index is 13.4. The van der Waals surface area contributed by atoms with E-state index in [1.54, 1.807) is 19.3 Å². The van der Waals surface area contributed by atoms with Crippen LogP contribution >= 0.6 is 11.8 Å². The SMILES string of the molecule is C=CC(F)(F)Sc1ccc(N2C(=O)NC(C)(C)C2=O)cc1NO. The van der Waals surface area contributed by atoms with Crippen molar-refractivity contribution >= 4 is 35.1 Å². The van der Waals surface area contributed by atoms with Gasteiger partial charge in [0.2, 0.25) is 0 Å². The first kappa shape index (κ1) is 17.2. The van der Waals surface area contributed by atoms with Crippen molar-refractivity contribution in [1.82, 2.24) is 5.32 Å². The number of halogens is 2. The van der Waals surface area contributed by atoms with E-state index in [1.165, 1.54) is 18.2 Å². The summed E-state index contributed by atoms with van der Waals surface area (Å²) in [6, 6.07) is 3.24. The summed E-state index contributed by atoms with van der Waals surface area (Å²) in [6.45, 7) is 6.14. The molecule has 1 aromatic rings. The summed E-state index contributed by atoms with van der Waals surface area (Å²) in [4.78, 5) is 25.1. The molecule has 3 amide bonds. The van der Waals surface area contributed by atoms with Crippen LogP contribution in [0.25, 0.3) is 0 Å². The van der Waals surface area contributed by atoms with Gasteiger partial charge in [-0.1, -0.05) is 6.58 Å². The molecule has 0 bridgehead atoms. The molecule has 1 fully saturated rings. The van der Waals surface area contributed by atoms with Crippen LogP contribution in [0.1, 0.15) is 13.8 Å². The first-order valence-electron chi connectivity index (χ1n) is 6.52. The number of hydrogen-bond acceptors (Lipinski definition) is 5. The molecule has 0 spiro atoms. The average molecular weight is 343 g/mol. The lowest BCUT2D eigenvalue weighted by atomic mass is 10.1. The van der Waals surface area contributed by atoms with Crippen LogP contribution in [-0.4, -0.2) is 27.9 Å². The second kappa shape index (κ2) is 5.82. The number of anilines is 2. The molecule has 9 heteroatoms. The van der Waals surface area contributed by atoms with Gasteiger partial charge in [0.15, 0.2) is 0 Å². The zero-order chi connectivity index (χ0) is 17.4. The highest BCUT2D eigenvalue weighted by atomic mass is 32.2. The van der Waals surface area contributed by atoms with Gasteiger partial charge in [-0.05, 0) is 49.9 Å². The van der Waals surface area contributed by atoms with Gasteiger partial charge in [-0.15, -0.1) is 0 Å². The van der Waals surface area contributed by atoms with Crippen LogP contribution in [-0.2, 0) is 4.79 Å². The van der Waals surface area contributed by atoms with E-state index in [0.717, 1.165) is 4.90 Å². The third-order valence-electron chi connectivity index (χ3n) is 3.19. The Morgan fingerprint density at radius 3 is 2.57 bits per heavy atom. The summed E-state index contributed by atoms with van der Waals surface area (Å²) in [6.07, 6.45) is 0.479. The number of hydrogen-bond donors (Lipinski definition) is 3. The molecule has 2 rings (SSSR count). The first-order valence-corrected chi connectivity index (χ1v) is 7.34. The van der Waals surface area contributed by atoms with Crippen molar-refractivity contribution in [2.24, 2.45) is 0 Å². The summed E-state index contributed by atoms with van der Waals surface area (Å²) >= 11 is 0.172. The zero-order valence-electron chi connectivity index (χ0n) is 12.4. The van der Waals surface area contributed by atoms with Crippen molar-refractivity contribution in [1.29, 1.82) is 0 Å². The number of amides is 3. The van der Waals surface area contributed by atoms with Crippen molar-refractivity contribution < 1.29 is 23.6 Å². The number of thioether (sulfide) groups is 1. The molecule has 23 heavy (non-hydrogen) atoms. The Hall–Kier alpha value is -2.13. The van der Waals surface area contributed by atoms with Crippen LogP contribution in [0.2, 0.25) is 0 Å². The molecule has 0 radical (unpaired) electrons. The smallest absolute Gasteiger partial charge is 0.323 e. The minimum Gasteiger partial charge on any atom is -0.323 e. The Morgan fingerprint density at radius 2 is 2.09 bits per heavy atom. The average Bonchev–Trinajstić information content (AvgIpc) is 2.67. The topological polar surface area (TPSA) is 81.7 Å². The molecule has 0 aromatic heterocycles. The van der Waals surface area contributed by atoms with E-state index in [0.29, 0.717) is 6.08 Å². The monoisotopic (exact) mass is 343 g/mol.